The van der Waals surface area contributed by atoms with Crippen molar-refractivity contribution in [3.05, 3.63) is 65.2 Å². The monoisotopic (exact) mass is 403 g/mol. The Hall–Kier alpha value is -2.00. The van der Waals surface area contributed by atoms with E-state index in [1.807, 2.05) is 53.9 Å². The highest BCUT2D eigenvalue weighted by Crippen LogP contribution is 2.25. The maximum Gasteiger partial charge on any atom is 0.218 e. The molecule has 27 heavy (non-hydrogen) atoms. The Morgan fingerprint density at radius 1 is 1.04 bits per heavy atom. The van der Waals surface area contributed by atoms with Crippen LogP contribution in [-0.4, -0.2) is 49.0 Å². The first kappa shape index (κ1) is 18.4. The molecule has 1 saturated heterocycles. The van der Waals surface area contributed by atoms with E-state index < -0.39 is 10.0 Å². The zero-order valence-electron chi connectivity index (χ0n) is 14.8. The number of hydrogen-bond donors (Lipinski definition) is 0. The van der Waals surface area contributed by atoms with Crippen LogP contribution < -0.4 is 0 Å². The third-order valence-corrected chi connectivity index (χ3v) is 7.36. The van der Waals surface area contributed by atoms with Crippen molar-refractivity contribution in [2.45, 2.75) is 12.3 Å². The first-order chi connectivity index (χ1) is 13.1. The largest absolute Gasteiger partial charge is 0.355 e. The smallest absolute Gasteiger partial charge is 0.218 e. The molecule has 0 saturated carbocycles. The highest BCUT2D eigenvalue weighted by Gasteiger charge is 2.27. The van der Waals surface area contributed by atoms with E-state index in [2.05, 4.69) is 10.1 Å². The van der Waals surface area contributed by atoms with Gasteiger partial charge in [-0.3, -0.25) is 4.90 Å². The Bertz CT molecular complexity index is 961. The molecule has 0 atom stereocenters. The summed E-state index contributed by atoms with van der Waals surface area (Å²) >= 11 is 1.62. The van der Waals surface area contributed by atoms with Gasteiger partial charge in [0.2, 0.25) is 10.0 Å². The number of thiophene rings is 1. The molecule has 3 heterocycles. The van der Waals surface area contributed by atoms with Crippen molar-refractivity contribution in [1.29, 1.82) is 0 Å². The van der Waals surface area contributed by atoms with Crippen LogP contribution in [0, 0.1) is 0 Å². The summed E-state index contributed by atoms with van der Waals surface area (Å²) < 4.78 is 32.3. The maximum absolute atomic E-state index is 12.6. The molecule has 0 bridgehead atoms. The third-order valence-electron chi connectivity index (χ3n) is 4.63. The zero-order chi connectivity index (χ0) is 18.7. The Kier molecular flexibility index (Phi) is 5.40. The van der Waals surface area contributed by atoms with Crippen LogP contribution in [0.5, 0.6) is 0 Å². The van der Waals surface area contributed by atoms with Crippen molar-refractivity contribution in [2.24, 2.45) is 0 Å². The number of benzene rings is 1. The van der Waals surface area contributed by atoms with E-state index >= 15 is 0 Å². The van der Waals surface area contributed by atoms with Crippen molar-refractivity contribution < 1.29 is 12.9 Å². The van der Waals surface area contributed by atoms with Gasteiger partial charge in [0, 0.05) is 38.8 Å². The van der Waals surface area contributed by atoms with Gasteiger partial charge in [0.1, 0.15) is 0 Å². The lowest BCUT2D eigenvalue weighted by Crippen LogP contribution is -2.48. The standard InChI is InChI=1S/C19H21N3O3S2/c23-27(24,15-16-5-2-1-3-6-16)22-10-8-21(9-11-22)14-17-13-18(25-20-17)19-7-4-12-26-19/h1-7,12-13H,8-11,14-15H2. The van der Waals surface area contributed by atoms with Crippen molar-refractivity contribution in [1.82, 2.24) is 14.4 Å². The van der Waals surface area contributed by atoms with Gasteiger partial charge in [-0.2, -0.15) is 4.31 Å². The minimum Gasteiger partial charge on any atom is -0.355 e. The molecule has 1 aromatic carbocycles. The van der Waals surface area contributed by atoms with Crippen LogP contribution in [0.2, 0.25) is 0 Å². The number of sulfonamides is 1. The molecule has 0 N–H and O–H groups in total. The highest BCUT2D eigenvalue weighted by molar-refractivity contribution is 7.88. The van der Waals surface area contributed by atoms with E-state index in [4.69, 9.17) is 4.52 Å². The average molecular weight is 404 g/mol. The van der Waals surface area contributed by atoms with E-state index in [-0.39, 0.29) is 5.75 Å². The second kappa shape index (κ2) is 7.93. The molecule has 2 aromatic heterocycles. The lowest BCUT2D eigenvalue weighted by molar-refractivity contribution is 0.177. The van der Waals surface area contributed by atoms with Crippen LogP contribution in [0.4, 0.5) is 0 Å². The molecule has 0 amide bonds. The molecule has 0 aliphatic carbocycles. The minimum atomic E-state index is -3.28. The Morgan fingerprint density at radius 2 is 1.81 bits per heavy atom. The summed E-state index contributed by atoms with van der Waals surface area (Å²) in [6.45, 7) is 3.06. The van der Waals surface area contributed by atoms with E-state index in [0.29, 0.717) is 32.7 Å². The summed E-state index contributed by atoms with van der Waals surface area (Å²) in [7, 11) is -3.28. The van der Waals surface area contributed by atoms with Gasteiger partial charge in [-0.1, -0.05) is 41.6 Å². The molecule has 6 nitrogen and oxygen atoms in total. The normalized spacial score (nSPS) is 16.6. The van der Waals surface area contributed by atoms with E-state index in [0.717, 1.165) is 21.9 Å². The molecule has 1 aliphatic heterocycles. The van der Waals surface area contributed by atoms with Crippen LogP contribution in [0.25, 0.3) is 10.6 Å². The summed E-state index contributed by atoms with van der Waals surface area (Å²) in [5.74, 6) is 0.838. The molecule has 142 valence electrons. The van der Waals surface area contributed by atoms with Crippen LogP contribution in [0.1, 0.15) is 11.3 Å². The van der Waals surface area contributed by atoms with Crippen molar-refractivity contribution in [2.75, 3.05) is 26.2 Å². The van der Waals surface area contributed by atoms with E-state index in [9.17, 15) is 8.42 Å². The molecule has 3 aromatic rings. The fraction of sp³-hybridized carbons (Fsp3) is 0.316. The van der Waals surface area contributed by atoms with Crippen molar-refractivity contribution >= 4 is 21.4 Å². The Balaban J connectivity index is 1.32. The van der Waals surface area contributed by atoms with Gasteiger partial charge in [-0.25, -0.2) is 8.42 Å². The summed E-state index contributed by atoms with van der Waals surface area (Å²) in [6, 6.07) is 15.3. The van der Waals surface area contributed by atoms with Crippen LogP contribution in [-0.2, 0) is 22.3 Å². The predicted molar refractivity (Wildman–Crippen MR) is 106 cm³/mol. The fourth-order valence-corrected chi connectivity index (χ4v) is 5.38. The summed E-state index contributed by atoms with van der Waals surface area (Å²) in [6.07, 6.45) is 0. The SMILES string of the molecule is O=S(=O)(Cc1ccccc1)N1CCN(Cc2cc(-c3cccs3)on2)CC1. The molecule has 0 spiro atoms. The molecule has 4 rings (SSSR count). The number of aromatic nitrogens is 1. The lowest BCUT2D eigenvalue weighted by atomic mass is 10.2. The first-order valence-corrected chi connectivity index (χ1v) is 11.3. The number of hydrogen-bond acceptors (Lipinski definition) is 6. The summed E-state index contributed by atoms with van der Waals surface area (Å²) in [5, 5.41) is 6.15. The average Bonchev–Trinajstić information content (AvgIpc) is 3.34. The topological polar surface area (TPSA) is 66.7 Å². The predicted octanol–water partition coefficient (Wildman–Crippen LogP) is 3.05. The zero-order valence-corrected chi connectivity index (χ0v) is 16.5. The quantitative estimate of drug-likeness (QED) is 0.633. The summed E-state index contributed by atoms with van der Waals surface area (Å²) in [4.78, 5) is 3.27. The van der Waals surface area contributed by atoms with Crippen LogP contribution in [0.3, 0.4) is 0 Å². The Morgan fingerprint density at radius 3 is 2.52 bits per heavy atom. The van der Waals surface area contributed by atoms with Gasteiger partial charge in [0.15, 0.2) is 5.76 Å². The highest BCUT2D eigenvalue weighted by atomic mass is 32.2. The first-order valence-electron chi connectivity index (χ1n) is 8.84. The number of rotatable bonds is 6. The van der Waals surface area contributed by atoms with Crippen molar-refractivity contribution in [3.8, 4) is 10.6 Å². The van der Waals surface area contributed by atoms with Gasteiger partial charge in [0.25, 0.3) is 0 Å². The number of piperazine rings is 1. The van der Waals surface area contributed by atoms with Crippen LogP contribution >= 0.6 is 11.3 Å². The molecule has 1 aliphatic rings. The molecule has 1 fully saturated rings. The van der Waals surface area contributed by atoms with Gasteiger partial charge in [-0.15, -0.1) is 11.3 Å². The second-order valence-electron chi connectivity index (χ2n) is 6.58. The summed E-state index contributed by atoms with van der Waals surface area (Å²) in [5.41, 5.74) is 1.70. The lowest BCUT2D eigenvalue weighted by Gasteiger charge is -2.33. The van der Waals surface area contributed by atoms with Crippen molar-refractivity contribution in [3.63, 3.8) is 0 Å². The second-order valence-corrected chi connectivity index (χ2v) is 9.49. The molecule has 0 unspecified atom stereocenters. The van der Waals surface area contributed by atoms with E-state index in [1.54, 1.807) is 15.6 Å². The molecule has 8 heteroatoms. The fourth-order valence-electron chi connectivity index (χ4n) is 3.19. The van der Waals surface area contributed by atoms with Gasteiger partial charge >= 0.3 is 0 Å². The van der Waals surface area contributed by atoms with Crippen LogP contribution in [0.15, 0.2) is 58.4 Å². The van der Waals surface area contributed by atoms with Gasteiger partial charge in [0.05, 0.1) is 16.3 Å². The van der Waals surface area contributed by atoms with Gasteiger partial charge < -0.3 is 4.52 Å². The third kappa shape index (κ3) is 4.47. The minimum absolute atomic E-state index is 0.0568. The van der Waals surface area contributed by atoms with E-state index in [1.165, 1.54) is 0 Å². The molecule has 0 radical (unpaired) electrons. The maximum atomic E-state index is 12.6. The van der Waals surface area contributed by atoms with Gasteiger partial charge in [-0.05, 0) is 17.0 Å². The molecular formula is C19H21N3O3S2. The number of nitrogens with zero attached hydrogens (tertiary/aromatic N) is 3. The molecular weight excluding hydrogens is 382 g/mol. The Labute approximate surface area is 163 Å².